The quantitative estimate of drug-likeness (QED) is 0.393. The van der Waals surface area contributed by atoms with Crippen LogP contribution in [-0.4, -0.2) is 45.5 Å². The molecule has 0 saturated heterocycles. The molecule has 8 nitrogen and oxygen atoms in total. The van der Waals surface area contributed by atoms with Crippen LogP contribution in [-0.2, 0) is 4.79 Å². The van der Waals surface area contributed by atoms with Gasteiger partial charge in [0.2, 0.25) is 5.88 Å². The van der Waals surface area contributed by atoms with Crippen molar-refractivity contribution < 1.29 is 18.7 Å². The van der Waals surface area contributed by atoms with Crippen LogP contribution in [0.1, 0.15) is 25.3 Å². The maximum atomic E-state index is 13.2. The number of carbonyl (C=O) groups is 1. The minimum Gasteiger partial charge on any atom is -0.483 e. The summed E-state index contributed by atoms with van der Waals surface area (Å²) in [7, 11) is 0. The molecule has 2 aromatic carbocycles. The number of fused-ring (bicyclic) bond motifs is 1. The Morgan fingerprint density at radius 2 is 1.82 bits per heavy atom. The predicted octanol–water partition coefficient (Wildman–Crippen LogP) is 3.63. The number of hydrogen-bond donors (Lipinski definition) is 1. The number of nitrogens with one attached hydrogen (secondary N) is 1. The van der Waals surface area contributed by atoms with Crippen LogP contribution in [0.3, 0.4) is 0 Å². The zero-order valence-electron chi connectivity index (χ0n) is 18.4. The first kappa shape index (κ1) is 22.2. The molecule has 33 heavy (non-hydrogen) atoms. The normalized spacial score (nSPS) is 11.0. The number of amides is 1. The summed E-state index contributed by atoms with van der Waals surface area (Å²) in [5.74, 6) is 1.27. The van der Waals surface area contributed by atoms with Gasteiger partial charge in [-0.3, -0.25) is 4.79 Å². The van der Waals surface area contributed by atoms with Crippen molar-refractivity contribution in [2.24, 2.45) is 0 Å². The lowest BCUT2D eigenvalue weighted by atomic mass is 10.0. The molecule has 0 fully saturated rings. The van der Waals surface area contributed by atoms with E-state index in [0.29, 0.717) is 41.1 Å². The molecule has 4 aromatic rings. The van der Waals surface area contributed by atoms with Crippen molar-refractivity contribution in [1.82, 2.24) is 25.1 Å². The number of halogens is 1. The molecule has 1 amide bonds. The number of aromatic nitrogens is 4. The predicted molar refractivity (Wildman–Crippen MR) is 121 cm³/mol. The summed E-state index contributed by atoms with van der Waals surface area (Å²) in [5, 5.41) is 15.3. The first-order valence-corrected chi connectivity index (χ1v) is 10.6. The van der Waals surface area contributed by atoms with Crippen molar-refractivity contribution in [3.8, 4) is 23.0 Å². The third-order valence-corrected chi connectivity index (χ3v) is 4.91. The first-order chi connectivity index (χ1) is 16.0. The van der Waals surface area contributed by atoms with Crippen LogP contribution in [0.25, 0.3) is 17.0 Å². The van der Waals surface area contributed by atoms with Crippen molar-refractivity contribution in [3.05, 3.63) is 72.0 Å². The maximum absolute atomic E-state index is 13.2. The van der Waals surface area contributed by atoms with Gasteiger partial charge in [-0.1, -0.05) is 32.0 Å². The minimum atomic E-state index is -0.332. The molecular weight excluding hydrogens is 425 g/mol. The van der Waals surface area contributed by atoms with E-state index in [-0.39, 0.29) is 24.9 Å². The van der Waals surface area contributed by atoms with Gasteiger partial charge in [-0.2, -0.15) is 4.52 Å². The van der Waals surface area contributed by atoms with Crippen LogP contribution in [0.15, 0.2) is 60.7 Å². The standard InChI is InChI=1S/C24H24FN5O3/c1-16(2)19-5-3-4-6-20(19)33-15-22(31)26-13-14-32-23-12-11-21-27-28-24(30(21)29-23)17-7-9-18(25)10-8-17/h3-12,16H,13-15H2,1-2H3,(H,26,31). The summed E-state index contributed by atoms with van der Waals surface area (Å²) in [6.07, 6.45) is 0. The van der Waals surface area contributed by atoms with Crippen molar-refractivity contribution >= 4 is 11.6 Å². The second-order valence-electron chi connectivity index (χ2n) is 7.65. The third-order valence-electron chi connectivity index (χ3n) is 4.91. The van der Waals surface area contributed by atoms with E-state index in [0.717, 1.165) is 5.56 Å². The van der Waals surface area contributed by atoms with E-state index in [1.807, 2.05) is 24.3 Å². The van der Waals surface area contributed by atoms with Crippen LogP contribution in [0.5, 0.6) is 11.6 Å². The molecule has 9 heteroatoms. The van der Waals surface area contributed by atoms with E-state index in [9.17, 15) is 9.18 Å². The molecule has 0 spiro atoms. The maximum Gasteiger partial charge on any atom is 0.258 e. The molecule has 0 aliphatic carbocycles. The fourth-order valence-electron chi connectivity index (χ4n) is 3.26. The molecule has 170 valence electrons. The molecule has 0 unspecified atom stereocenters. The van der Waals surface area contributed by atoms with Crippen molar-refractivity contribution in [2.45, 2.75) is 19.8 Å². The number of rotatable bonds is 9. The van der Waals surface area contributed by atoms with E-state index in [1.54, 1.807) is 24.3 Å². The van der Waals surface area contributed by atoms with Gasteiger partial charge in [0.15, 0.2) is 18.1 Å². The molecule has 2 heterocycles. The lowest BCUT2D eigenvalue weighted by Gasteiger charge is -2.13. The highest BCUT2D eigenvalue weighted by Gasteiger charge is 2.11. The SMILES string of the molecule is CC(C)c1ccccc1OCC(=O)NCCOc1ccc2nnc(-c3ccc(F)cc3)n2n1. The first-order valence-electron chi connectivity index (χ1n) is 10.6. The summed E-state index contributed by atoms with van der Waals surface area (Å²) in [5.41, 5.74) is 2.28. The van der Waals surface area contributed by atoms with Crippen LogP contribution in [0.2, 0.25) is 0 Å². The molecule has 0 aliphatic heterocycles. The number of ether oxygens (including phenoxy) is 2. The second-order valence-corrected chi connectivity index (χ2v) is 7.65. The molecule has 0 aliphatic rings. The number of carbonyl (C=O) groups excluding carboxylic acids is 1. The Balaban J connectivity index is 1.29. The lowest BCUT2D eigenvalue weighted by Crippen LogP contribution is -2.32. The molecule has 2 aromatic heterocycles. The average molecular weight is 449 g/mol. The Morgan fingerprint density at radius 1 is 1.03 bits per heavy atom. The zero-order valence-corrected chi connectivity index (χ0v) is 18.4. The van der Waals surface area contributed by atoms with Gasteiger partial charge < -0.3 is 14.8 Å². The highest BCUT2D eigenvalue weighted by atomic mass is 19.1. The lowest BCUT2D eigenvalue weighted by molar-refractivity contribution is -0.123. The van der Waals surface area contributed by atoms with Crippen molar-refractivity contribution in [1.29, 1.82) is 0 Å². The van der Waals surface area contributed by atoms with Gasteiger partial charge in [0.1, 0.15) is 18.2 Å². The van der Waals surface area contributed by atoms with Gasteiger partial charge in [0.25, 0.3) is 5.91 Å². The molecule has 4 rings (SSSR count). The molecule has 0 radical (unpaired) electrons. The molecule has 1 N–H and O–H groups in total. The number of benzene rings is 2. The topological polar surface area (TPSA) is 90.6 Å². The third kappa shape index (κ3) is 5.43. The zero-order chi connectivity index (χ0) is 23.2. The van der Waals surface area contributed by atoms with E-state index in [1.165, 1.54) is 16.6 Å². The Labute approximate surface area is 190 Å². The van der Waals surface area contributed by atoms with E-state index >= 15 is 0 Å². The van der Waals surface area contributed by atoms with Gasteiger partial charge in [0, 0.05) is 11.6 Å². The Bertz CT molecular complexity index is 1240. The highest BCUT2D eigenvalue weighted by Crippen LogP contribution is 2.25. The van der Waals surface area contributed by atoms with Crippen LogP contribution >= 0.6 is 0 Å². The monoisotopic (exact) mass is 449 g/mol. The molecule has 0 saturated carbocycles. The molecule has 0 atom stereocenters. The van der Waals surface area contributed by atoms with Gasteiger partial charge in [-0.25, -0.2) is 4.39 Å². The van der Waals surface area contributed by atoms with Gasteiger partial charge in [0.05, 0.1) is 6.54 Å². The Kier molecular flexibility index (Phi) is 6.77. The van der Waals surface area contributed by atoms with Crippen molar-refractivity contribution in [2.75, 3.05) is 19.8 Å². The average Bonchev–Trinajstić information content (AvgIpc) is 3.24. The van der Waals surface area contributed by atoms with Gasteiger partial charge in [-0.15, -0.1) is 15.3 Å². The van der Waals surface area contributed by atoms with Gasteiger partial charge >= 0.3 is 0 Å². The fourth-order valence-corrected chi connectivity index (χ4v) is 3.26. The summed E-state index contributed by atoms with van der Waals surface area (Å²) in [6, 6.07) is 17.0. The van der Waals surface area contributed by atoms with Crippen molar-refractivity contribution in [3.63, 3.8) is 0 Å². The second kappa shape index (κ2) is 10.1. The summed E-state index contributed by atoms with van der Waals surface area (Å²) >= 11 is 0. The van der Waals surface area contributed by atoms with Crippen LogP contribution in [0.4, 0.5) is 4.39 Å². The van der Waals surface area contributed by atoms with Gasteiger partial charge in [-0.05, 0) is 47.9 Å². The fraction of sp³-hybridized carbons (Fsp3) is 0.250. The summed E-state index contributed by atoms with van der Waals surface area (Å²) in [6.45, 7) is 4.60. The summed E-state index contributed by atoms with van der Waals surface area (Å²) < 4.78 is 26.1. The molecule has 0 bridgehead atoms. The number of hydrogen-bond acceptors (Lipinski definition) is 6. The molecular formula is C24H24FN5O3. The summed E-state index contributed by atoms with van der Waals surface area (Å²) in [4.78, 5) is 12.1. The number of para-hydroxylation sites is 1. The minimum absolute atomic E-state index is 0.0737. The smallest absolute Gasteiger partial charge is 0.258 e. The van der Waals surface area contributed by atoms with E-state index in [2.05, 4.69) is 34.5 Å². The Morgan fingerprint density at radius 3 is 2.61 bits per heavy atom. The van der Waals surface area contributed by atoms with E-state index in [4.69, 9.17) is 9.47 Å². The number of nitrogens with zero attached hydrogens (tertiary/aromatic N) is 4. The Hall–Kier alpha value is -4.01. The highest BCUT2D eigenvalue weighted by molar-refractivity contribution is 5.77. The van der Waals surface area contributed by atoms with Crippen LogP contribution < -0.4 is 14.8 Å². The largest absolute Gasteiger partial charge is 0.483 e. The van der Waals surface area contributed by atoms with E-state index < -0.39 is 0 Å². The van der Waals surface area contributed by atoms with Crippen LogP contribution in [0, 0.1) is 5.82 Å².